The molecule has 0 aliphatic carbocycles. The Morgan fingerprint density at radius 3 is 2.77 bits per heavy atom. The molecule has 0 bridgehead atoms. The van der Waals surface area contributed by atoms with Crippen molar-refractivity contribution < 1.29 is 18.1 Å². The molecule has 0 saturated carbocycles. The fourth-order valence-electron chi connectivity index (χ4n) is 2.45. The van der Waals surface area contributed by atoms with Gasteiger partial charge >= 0.3 is 0 Å². The fraction of sp³-hybridized carbons (Fsp3) is 0.400. The van der Waals surface area contributed by atoms with Crippen LogP contribution in [0.5, 0.6) is 0 Å². The van der Waals surface area contributed by atoms with E-state index in [0.717, 1.165) is 12.1 Å². The first-order valence-electron chi connectivity index (χ1n) is 7.04. The zero-order chi connectivity index (χ0) is 15.9. The third kappa shape index (κ3) is 2.58. The molecule has 1 aliphatic heterocycles. The first-order chi connectivity index (χ1) is 10.5. The average molecular weight is 307 g/mol. The van der Waals surface area contributed by atoms with E-state index < -0.39 is 11.6 Å². The van der Waals surface area contributed by atoms with E-state index in [0.29, 0.717) is 11.7 Å². The minimum Gasteiger partial charge on any atom is -0.339 e. The highest BCUT2D eigenvalue weighted by atomic mass is 19.1. The maximum Gasteiger partial charge on any atom is 0.232 e. The van der Waals surface area contributed by atoms with Crippen molar-refractivity contribution in [3.63, 3.8) is 0 Å². The van der Waals surface area contributed by atoms with Gasteiger partial charge in [-0.05, 0) is 12.1 Å². The van der Waals surface area contributed by atoms with Gasteiger partial charge in [0.05, 0.1) is 11.6 Å². The van der Waals surface area contributed by atoms with E-state index in [2.05, 4.69) is 10.1 Å². The first-order valence-corrected chi connectivity index (χ1v) is 7.04. The van der Waals surface area contributed by atoms with E-state index in [4.69, 9.17) is 4.52 Å². The average Bonchev–Trinajstić information content (AvgIpc) is 3.06. The molecule has 1 fully saturated rings. The Morgan fingerprint density at radius 1 is 1.36 bits per heavy atom. The molecule has 7 heteroatoms. The van der Waals surface area contributed by atoms with Crippen molar-refractivity contribution >= 4 is 11.6 Å². The molecular weight excluding hydrogens is 292 g/mol. The van der Waals surface area contributed by atoms with E-state index in [1.165, 1.54) is 11.0 Å². The highest BCUT2D eigenvalue weighted by molar-refractivity contribution is 5.96. The molecule has 116 valence electrons. The molecule has 1 aromatic heterocycles. The second-order valence-electron chi connectivity index (χ2n) is 5.65. The molecule has 1 atom stereocenters. The summed E-state index contributed by atoms with van der Waals surface area (Å²) >= 11 is 0. The molecule has 1 aliphatic rings. The number of benzene rings is 1. The van der Waals surface area contributed by atoms with Crippen LogP contribution in [-0.4, -0.2) is 22.6 Å². The molecule has 2 aromatic rings. The third-order valence-corrected chi connectivity index (χ3v) is 3.65. The van der Waals surface area contributed by atoms with Crippen molar-refractivity contribution in [2.45, 2.75) is 32.1 Å². The van der Waals surface area contributed by atoms with Crippen molar-refractivity contribution in [1.82, 2.24) is 10.1 Å². The van der Waals surface area contributed by atoms with E-state index in [9.17, 15) is 13.6 Å². The lowest BCUT2D eigenvalue weighted by Crippen LogP contribution is -2.25. The summed E-state index contributed by atoms with van der Waals surface area (Å²) in [6.07, 6.45) is 0.163. The molecule has 0 N–H and O–H groups in total. The molecule has 0 radical (unpaired) electrons. The molecule has 5 nitrogen and oxygen atoms in total. The molecule has 3 rings (SSSR count). The summed E-state index contributed by atoms with van der Waals surface area (Å²) in [5, 5.41) is 3.87. The van der Waals surface area contributed by atoms with Crippen LogP contribution in [0.15, 0.2) is 22.7 Å². The van der Waals surface area contributed by atoms with Crippen LogP contribution in [0.25, 0.3) is 0 Å². The van der Waals surface area contributed by atoms with Crippen molar-refractivity contribution in [3.05, 3.63) is 41.5 Å². The number of carbonyl (C=O) groups is 1. The lowest BCUT2D eigenvalue weighted by Gasteiger charge is -2.16. The van der Waals surface area contributed by atoms with Gasteiger partial charge in [0.1, 0.15) is 11.6 Å². The van der Waals surface area contributed by atoms with E-state index in [-0.39, 0.29) is 36.4 Å². The maximum atomic E-state index is 13.8. The Hall–Kier alpha value is -2.31. The largest absolute Gasteiger partial charge is 0.339 e. The van der Waals surface area contributed by atoms with Crippen LogP contribution in [0.1, 0.15) is 43.8 Å². The number of halogens is 2. The third-order valence-electron chi connectivity index (χ3n) is 3.65. The van der Waals surface area contributed by atoms with Gasteiger partial charge in [-0.1, -0.05) is 19.0 Å². The van der Waals surface area contributed by atoms with Crippen molar-refractivity contribution in [2.24, 2.45) is 0 Å². The van der Waals surface area contributed by atoms with E-state index in [1.807, 2.05) is 13.8 Å². The summed E-state index contributed by atoms with van der Waals surface area (Å²) < 4.78 is 32.0. The highest BCUT2D eigenvalue weighted by Gasteiger charge is 2.36. The topological polar surface area (TPSA) is 59.2 Å². The number of carbonyl (C=O) groups excluding carboxylic acids is 1. The second-order valence-corrected chi connectivity index (χ2v) is 5.65. The van der Waals surface area contributed by atoms with E-state index in [1.54, 1.807) is 0 Å². The van der Waals surface area contributed by atoms with Gasteiger partial charge in [-0.25, -0.2) is 8.78 Å². The summed E-state index contributed by atoms with van der Waals surface area (Å²) in [5.74, 6) is -0.890. The standard InChI is InChI=1S/C15H15F2N3O2/c1-8(2)14-18-15(22-19-14)9-5-13(21)20(7-9)12-4-3-10(16)6-11(12)17/h3-4,6,8-9H,5,7H2,1-2H3. The lowest BCUT2D eigenvalue weighted by atomic mass is 10.1. The molecule has 2 heterocycles. The molecule has 1 amide bonds. The Morgan fingerprint density at radius 2 is 2.14 bits per heavy atom. The maximum absolute atomic E-state index is 13.8. The Bertz CT molecular complexity index is 715. The zero-order valence-corrected chi connectivity index (χ0v) is 12.2. The van der Waals surface area contributed by atoms with Crippen LogP contribution in [-0.2, 0) is 4.79 Å². The Labute approximate surface area is 125 Å². The first kappa shape index (κ1) is 14.6. The minimum absolute atomic E-state index is 0.0671. The van der Waals surface area contributed by atoms with Crippen LogP contribution >= 0.6 is 0 Å². The molecule has 0 spiro atoms. The van der Waals surface area contributed by atoms with Gasteiger partial charge in [-0.2, -0.15) is 4.98 Å². The van der Waals surface area contributed by atoms with Crippen LogP contribution in [0.2, 0.25) is 0 Å². The second kappa shape index (κ2) is 5.47. The summed E-state index contributed by atoms with van der Waals surface area (Å²) in [7, 11) is 0. The summed E-state index contributed by atoms with van der Waals surface area (Å²) in [4.78, 5) is 17.7. The van der Waals surface area contributed by atoms with Crippen molar-refractivity contribution in [1.29, 1.82) is 0 Å². The smallest absolute Gasteiger partial charge is 0.232 e. The highest BCUT2D eigenvalue weighted by Crippen LogP contribution is 2.32. The van der Waals surface area contributed by atoms with Gasteiger partial charge in [0.15, 0.2) is 5.82 Å². The number of hydrogen-bond donors (Lipinski definition) is 0. The SMILES string of the molecule is CC(C)c1noc(C2CC(=O)N(c3ccc(F)cc3F)C2)n1. The predicted octanol–water partition coefficient (Wildman–Crippen LogP) is 2.99. The van der Waals surface area contributed by atoms with Gasteiger partial charge < -0.3 is 9.42 Å². The minimum atomic E-state index is -0.762. The van der Waals surface area contributed by atoms with Gasteiger partial charge in [0.25, 0.3) is 0 Å². The number of amides is 1. The molecule has 22 heavy (non-hydrogen) atoms. The van der Waals surface area contributed by atoms with Crippen LogP contribution in [0.3, 0.4) is 0 Å². The number of nitrogens with zero attached hydrogens (tertiary/aromatic N) is 3. The van der Waals surface area contributed by atoms with Crippen molar-refractivity contribution in [3.8, 4) is 0 Å². The van der Waals surface area contributed by atoms with Gasteiger partial charge in [-0.3, -0.25) is 4.79 Å². The quantitative estimate of drug-likeness (QED) is 0.874. The van der Waals surface area contributed by atoms with E-state index >= 15 is 0 Å². The van der Waals surface area contributed by atoms with Crippen LogP contribution in [0.4, 0.5) is 14.5 Å². The fourth-order valence-corrected chi connectivity index (χ4v) is 2.45. The normalized spacial score (nSPS) is 18.5. The number of aromatic nitrogens is 2. The van der Waals surface area contributed by atoms with Crippen LogP contribution < -0.4 is 4.90 Å². The molecule has 1 aromatic carbocycles. The predicted molar refractivity (Wildman–Crippen MR) is 74.5 cm³/mol. The number of anilines is 1. The number of rotatable bonds is 3. The zero-order valence-electron chi connectivity index (χ0n) is 12.2. The van der Waals surface area contributed by atoms with Crippen LogP contribution in [0, 0.1) is 11.6 Å². The van der Waals surface area contributed by atoms with Crippen molar-refractivity contribution in [2.75, 3.05) is 11.4 Å². The lowest BCUT2D eigenvalue weighted by molar-refractivity contribution is -0.117. The van der Waals surface area contributed by atoms with Gasteiger partial charge in [-0.15, -0.1) is 0 Å². The molecular formula is C15H15F2N3O2. The summed E-state index contributed by atoms with van der Waals surface area (Å²) in [6.45, 7) is 4.12. The summed E-state index contributed by atoms with van der Waals surface area (Å²) in [5.41, 5.74) is 0.0671. The Kier molecular flexibility index (Phi) is 3.64. The molecule has 1 saturated heterocycles. The van der Waals surface area contributed by atoms with Gasteiger partial charge in [0, 0.05) is 24.9 Å². The number of hydrogen-bond acceptors (Lipinski definition) is 4. The van der Waals surface area contributed by atoms with Gasteiger partial charge in [0.2, 0.25) is 11.8 Å². The molecule has 1 unspecified atom stereocenters. The summed E-state index contributed by atoms with van der Waals surface area (Å²) in [6, 6.07) is 3.15. The monoisotopic (exact) mass is 307 g/mol. The Balaban J connectivity index is 1.83.